The van der Waals surface area contributed by atoms with E-state index in [-0.39, 0.29) is 28.1 Å². The topological polar surface area (TPSA) is 125 Å². The lowest BCUT2D eigenvalue weighted by Crippen LogP contribution is -2.31. The lowest BCUT2D eigenvalue weighted by atomic mass is 10.2. The Kier molecular flexibility index (Phi) is 5.92. The third kappa shape index (κ3) is 4.92. The number of carbonyl (C=O) groups is 3. The number of nitrogens with two attached hydrogens (primary N) is 1. The highest BCUT2D eigenvalue weighted by molar-refractivity contribution is 8.14. The number of hydrogen-bond acceptors (Lipinski definition) is 5. The van der Waals surface area contributed by atoms with Crippen LogP contribution in [0.5, 0.6) is 0 Å². The predicted octanol–water partition coefficient (Wildman–Crippen LogP) is 1.28. The molecule has 0 aliphatic heterocycles. The number of nitrogens with zero attached hydrogens (tertiary/aromatic N) is 1. The van der Waals surface area contributed by atoms with Gasteiger partial charge in [-0.05, 0) is 18.2 Å². The molecule has 1 unspecified atom stereocenters. The minimum absolute atomic E-state index is 0.000283. The summed E-state index contributed by atoms with van der Waals surface area (Å²) in [5.74, 6) is -1.63. The Morgan fingerprint density at radius 3 is 2.71 bits per heavy atom. The fraction of sp³-hybridized carbons (Fsp3) is 0.231. The van der Waals surface area contributed by atoms with Gasteiger partial charge in [0.05, 0.1) is 11.3 Å². The van der Waals surface area contributed by atoms with E-state index in [9.17, 15) is 14.4 Å². The van der Waals surface area contributed by atoms with E-state index in [0.29, 0.717) is 6.41 Å². The molecule has 21 heavy (non-hydrogen) atoms. The van der Waals surface area contributed by atoms with Crippen LogP contribution in [0.4, 0.5) is 5.69 Å². The molecule has 0 heterocycles. The summed E-state index contributed by atoms with van der Waals surface area (Å²) in [7, 11) is 0. The summed E-state index contributed by atoms with van der Waals surface area (Å²) in [6.07, 6.45) is 0.342. The number of amidine groups is 1. The molecule has 0 bridgehead atoms. The van der Waals surface area contributed by atoms with Gasteiger partial charge in [0.15, 0.2) is 5.17 Å². The summed E-state index contributed by atoms with van der Waals surface area (Å²) in [6, 6.07) is 5.54. The van der Waals surface area contributed by atoms with Gasteiger partial charge in [-0.15, -0.1) is 0 Å². The number of benzene rings is 1. The number of carboxylic acid groups (broad SMARTS) is 1. The van der Waals surface area contributed by atoms with Crippen LogP contribution in [0.3, 0.4) is 0 Å². The van der Waals surface area contributed by atoms with Gasteiger partial charge in [0.25, 0.3) is 0 Å². The molecule has 1 rings (SSSR count). The molecule has 0 aliphatic carbocycles. The average Bonchev–Trinajstić information content (AvgIpc) is 2.38. The number of nitrogens with one attached hydrogen (secondary N) is 1. The summed E-state index contributed by atoms with van der Waals surface area (Å²) in [5.41, 5.74) is 5.40. The largest absolute Gasteiger partial charge is 0.478 e. The molecule has 0 aromatic heterocycles. The van der Waals surface area contributed by atoms with Crippen LogP contribution in [0, 0.1) is 5.41 Å². The van der Waals surface area contributed by atoms with E-state index in [2.05, 4.69) is 0 Å². The summed E-state index contributed by atoms with van der Waals surface area (Å²) >= 11 is 1.02. The molecule has 0 aliphatic rings. The van der Waals surface area contributed by atoms with E-state index in [1.807, 2.05) is 0 Å². The van der Waals surface area contributed by atoms with Gasteiger partial charge in [0.2, 0.25) is 12.3 Å². The minimum Gasteiger partial charge on any atom is -0.478 e. The Bertz CT molecular complexity index is 576. The number of anilines is 1. The predicted molar refractivity (Wildman–Crippen MR) is 80.5 cm³/mol. The number of rotatable bonds is 6. The number of carboxylic acids is 1. The molecular weight excluding hydrogens is 294 g/mol. The zero-order chi connectivity index (χ0) is 16.0. The number of aromatic carboxylic acids is 1. The highest BCUT2D eigenvalue weighted by atomic mass is 32.2. The van der Waals surface area contributed by atoms with Crippen LogP contribution in [0.2, 0.25) is 0 Å². The van der Waals surface area contributed by atoms with E-state index in [0.717, 1.165) is 16.7 Å². The summed E-state index contributed by atoms with van der Waals surface area (Å²) in [5, 5.41) is 15.7. The highest BCUT2D eigenvalue weighted by Crippen LogP contribution is 2.19. The smallest absolute Gasteiger partial charge is 0.335 e. The van der Waals surface area contributed by atoms with Crippen LogP contribution < -0.4 is 10.6 Å². The van der Waals surface area contributed by atoms with Crippen LogP contribution in [0.15, 0.2) is 24.3 Å². The summed E-state index contributed by atoms with van der Waals surface area (Å²) < 4.78 is 0. The normalized spacial score (nSPS) is 11.5. The monoisotopic (exact) mass is 309 g/mol. The SMILES string of the molecule is CC(CC(=O)N(C=O)c1cccc(C(=O)O)c1)SC(=N)N. The van der Waals surface area contributed by atoms with Crippen molar-refractivity contribution < 1.29 is 19.5 Å². The first-order valence-corrected chi connectivity index (χ1v) is 6.84. The van der Waals surface area contributed by atoms with E-state index in [4.69, 9.17) is 16.2 Å². The maximum absolute atomic E-state index is 12.1. The molecule has 8 heteroatoms. The van der Waals surface area contributed by atoms with Crippen molar-refractivity contribution in [1.82, 2.24) is 0 Å². The molecule has 112 valence electrons. The molecule has 0 fully saturated rings. The molecule has 7 nitrogen and oxygen atoms in total. The van der Waals surface area contributed by atoms with Gasteiger partial charge in [0.1, 0.15) is 0 Å². The van der Waals surface area contributed by atoms with Crippen LogP contribution in [0.25, 0.3) is 0 Å². The molecule has 0 saturated carbocycles. The molecule has 0 spiro atoms. The maximum atomic E-state index is 12.1. The van der Waals surface area contributed by atoms with Crippen molar-refractivity contribution >= 4 is 40.9 Å². The molecule has 4 N–H and O–H groups in total. The zero-order valence-electron chi connectivity index (χ0n) is 11.3. The first kappa shape index (κ1) is 16.7. The van der Waals surface area contributed by atoms with Gasteiger partial charge >= 0.3 is 5.97 Å². The molecule has 1 aromatic carbocycles. The van der Waals surface area contributed by atoms with Gasteiger partial charge in [-0.3, -0.25) is 19.9 Å². The maximum Gasteiger partial charge on any atom is 0.335 e. The molecule has 1 aromatic rings. The van der Waals surface area contributed by atoms with Crippen LogP contribution >= 0.6 is 11.8 Å². The second-order valence-corrected chi connectivity index (χ2v) is 5.70. The Balaban J connectivity index is 2.89. The summed E-state index contributed by atoms with van der Waals surface area (Å²) in [4.78, 5) is 34.9. The standard InChI is InChI=1S/C13H15N3O4S/c1-8(21-13(14)15)5-11(18)16(7-17)10-4-2-3-9(6-10)12(19)20/h2-4,6-8H,5H2,1H3,(H3,14,15)(H,19,20). The van der Waals surface area contributed by atoms with E-state index < -0.39 is 11.9 Å². The van der Waals surface area contributed by atoms with Crippen molar-refractivity contribution in [1.29, 1.82) is 5.41 Å². The van der Waals surface area contributed by atoms with Crippen molar-refractivity contribution in [3.05, 3.63) is 29.8 Å². The lowest BCUT2D eigenvalue weighted by Gasteiger charge is -2.18. The van der Waals surface area contributed by atoms with Gasteiger partial charge in [-0.2, -0.15) is 0 Å². The quantitative estimate of drug-likeness (QED) is 0.413. The number of hydrogen-bond donors (Lipinski definition) is 3. The fourth-order valence-electron chi connectivity index (χ4n) is 1.66. The zero-order valence-corrected chi connectivity index (χ0v) is 12.1. The Labute approximate surface area is 125 Å². The highest BCUT2D eigenvalue weighted by Gasteiger charge is 2.19. The van der Waals surface area contributed by atoms with Crippen molar-refractivity contribution in [3.63, 3.8) is 0 Å². The van der Waals surface area contributed by atoms with E-state index in [1.54, 1.807) is 6.92 Å². The van der Waals surface area contributed by atoms with E-state index >= 15 is 0 Å². The average molecular weight is 309 g/mol. The van der Waals surface area contributed by atoms with Crippen molar-refractivity contribution in [2.45, 2.75) is 18.6 Å². The van der Waals surface area contributed by atoms with Crippen LogP contribution in [-0.4, -0.2) is 33.8 Å². The van der Waals surface area contributed by atoms with Gasteiger partial charge in [-0.1, -0.05) is 24.8 Å². The molecule has 0 saturated heterocycles. The van der Waals surface area contributed by atoms with Crippen molar-refractivity contribution in [2.75, 3.05) is 4.90 Å². The molecule has 2 amide bonds. The Morgan fingerprint density at radius 1 is 1.52 bits per heavy atom. The third-order valence-corrected chi connectivity index (χ3v) is 3.36. The number of carbonyl (C=O) groups excluding carboxylic acids is 2. The first-order valence-electron chi connectivity index (χ1n) is 5.96. The van der Waals surface area contributed by atoms with Crippen molar-refractivity contribution in [3.8, 4) is 0 Å². The second kappa shape index (κ2) is 7.44. The van der Waals surface area contributed by atoms with Gasteiger partial charge in [0, 0.05) is 11.7 Å². The number of amides is 2. The lowest BCUT2D eigenvalue weighted by molar-refractivity contribution is -0.121. The third-order valence-electron chi connectivity index (χ3n) is 2.54. The Morgan fingerprint density at radius 2 is 2.19 bits per heavy atom. The molecule has 1 atom stereocenters. The van der Waals surface area contributed by atoms with Crippen LogP contribution in [0.1, 0.15) is 23.7 Å². The van der Waals surface area contributed by atoms with Gasteiger partial charge in [-0.25, -0.2) is 4.79 Å². The van der Waals surface area contributed by atoms with E-state index in [1.165, 1.54) is 24.3 Å². The number of imide groups is 1. The van der Waals surface area contributed by atoms with Gasteiger partial charge < -0.3 is 10.8 Å². The second-order valence-electron chi connectivity index (χ2n) is 4.22. The molecule has 0 radical (unpaired) electrons. The summed E-state index contributed by atoms with van der Waals surface area (Å²) in [6.45, 7) is 1.71. The minimum atomic E-state index is -1.14. The Hall–Kier alpha value is -2.35. The molecular formula is C13H15N3O4S. The van der Waals surface area contributed by atoms with Crippen molar-refractivity contribution in [2.24, 2.45) is 5.73 Å². The first-order chi connectivity index (χ1) is 9.85. The van der Waals surface area contributed by atoms with Crippen LogP contribution in [-0.2, 0) is 9.59 Å². The number of thioether (sulfide) groups is 1. The fourth-order valence-corrected chi connectivity index (χ4v) is 2.31.